The van der Waals surface area contributed by atoms with Crippen LogP contribution in [0.3, 0.4) is 0 Å². The van der Waals surface area contributed by atoms with E-state index in [1.807, 2.05) is 4.90 Å². The van der Waals surface area contributed by atoms with E-state index < -0.39 is 0 Å². The van der Waals surface area contributed by atoms with Crippen LogP contribution in [-0.4, -0.2) is 46.8 Å². The van der Waals surface area contributed by atoms with Gasteiger partial charge in [-0.1, -0.05) is 20.3 Å². The Balaban J connectivity index is 2.08. The molecular weight excluding hydrogens is 240 g/mol. The van der Waals surface area contributed by atoms with E-state index in [4.69, 9.17) is 0 Å². The molecule has 0 N–H and O–H groups in total. The lowest BCUT2D eigenvalue weighted by Crippen LogP contribution is -2.47. The summed E-state index contributed by atoms with van der Waals surface area (Å²) in [6.45, 7) is 7.90. The Morgan fingerprint density at radius 2 is 2.00 bits per heavy atom. The number of rotatable bonds is 4. The van der Waals surface area contributed by atoms with Crippen molar-refractivity contribution in [1.82, 2.24) is 9.80 Å². The highest BCUT2D eigenvalue weighted by molar-refractivity contribution is 5.90. The SMILES string of the molecule is CCC(C)CC(C)N1CCC(=O)N2CCCC2C1=O. The third-order valence-corrected chi connectivity index (χ3v) is 4.68. The van der Waals surface area contributed by atoms with Crippen molar-refractivity contribution in [3.63, 3.8) is 0 Å². The predicted octanol–water partition coefficient (Wildman–Crippen LogP) is 2.03. The van der Waals surface area contributed by atoms with Crippen molar-refractivity contribution in [2.75, 3.05) is 13.1 Å². The molecule has 0 aliphatic carbocycles. The standard InChI is InChI=1S/C15H26N2O2/c1-4-11(2)10-12(3)16-9-7-14(18)17-8-5-6-13(17)15(16)19/h11-13H,4-10H2,1-3H3. The van der Waals surface area contributed by atoms with Crippen LogP contribution in [-0.2, 0) is 9.59 Å². The molecular formula is C15H26N2O2. The second kappa shape index (κ2) is 5.93. The van der Waals surface area contributed by atoms with Crippen LogP contribution in [0.1, 0.15) is 52.9 Å². The summed E-state index contributed by atoms with van der Waals surface area (Å²) < 4.78 is 0. The molecule has 2 aliphatic heterocycles. The van der Waals surface area contributed by atoms with Gasteiger partial charge in [-0.25, -0.2) is 0 Å². The third-order valence-electron chi connectivity index (χ3n) is 4.68. The molecule has 0 spiro atoms. The van der Waals surface area contributed by atoms with Gasteiger partial charge in [0.15, 0.2) is 0 Å². The Labute approximate surface area is 116 Å². The zero-order valence-corrected chi connectivity index (χ0v) is 12.4. The summed E-state index contributed by atoms with van der Waals surface area (Å²) >= 11 is 0. The molecule has 0 saturated carbocycles. The van der Waals surface area contributed by atoms with Gasteiger partial charge in [0.1, 0.15) is 6.04 Å². The Morgan fingerprint density at radius 1 is 1.26 bits per heavy atom. The van der Waals surface area contributed by atoms with Crippen molar-refractivity contribution in [3.8, 4) is 0 Å². The monoisotopic (exact) mass is 266 g/mol. The Bertz CT molecular complexity index is 356. The molecule has 2 rings (SSSR count). The van der Waals surface area contributed by atoms with E-state index in [9.17, 15) is 9.59 Å². The highest BCUT2D eigenvalue weighted by atomic mass is 16.2. The molecule has 0 aromatic rings. The number of fused-ring (bicyclic) bond motifs is 1. The molecule has 2 heterocycles. The molecule has 3 atom stereocenters. The molecule has 4 nitrogen and oxygen atoms in total. The van der Waals surface area contributed by atoms with Gasteiger partial charge in [0.2, 0.25) is 11.8 Å². The lowest BCUT2D eigenvalue weighted by atomic mass is 9.98. The average molecular weight is 266 g/mol. The number of carbonyl (C=O) groups excluding carboxylic acids is 2. The minimum Gasteiger partial charge on any atom is -0.338 e. The minimum atomic E-state index is -0.172. The maximum absolute atomic E-state index is 12.6. The van der Waals surface area contributed by atoms with Crippen LogP contribution >= 0.6 is 0 Å². The number of hydrogen-bond acceptors (Lipinski definition) is 2. The summed E-state index contributed by atoms with van der Waals surface area (Å²) in [7, 11) is 0. The van der Waals surface area contributed by atoms with Crippen LogP contribution in [0.15, 0.2) is 0 Å². The van der Waals surface area contributed by atoms with E-state index in [1.54, 1.807) is 4.90 Å². The largest absolute Gasteiger partial charge is 0.338 e. The number of nitrogens with zero attached hydrogens (tertiary/aromatic N) is 2. The van der Waals surface area contributed by atoms with Gasteiger partial charge in [0.05, 0.1) is 0 Å². The van der Waals surface area contributed by atoms with Gasteiger partial charge in [0.25, 0.3) is 0 Å². The summed E-state index contributed by atoms with van der Waals surface area (Å²) in [6, 6.07) is 0.0742. The molecule has 2 aliphatic rings. The van der Waals surface area contributed by atoms with Gasteiger partial charge in [-0.05, 0) is 32.1 Å². The first kappa shape index (κ1) is 14.4. The lowest BCUT2D eigenvalue weighted by Gasteiger charge is -2.31. The Kier molecular flexibility index (Phi) is 4.48. The molecule has 4 heteroatoms. The highest BCUT2D eigenvalue weighted by Gasteiger charge is 2.40. The average Bonchev–Trinajstić information content (AvgIpc) is 2.83. The van der Waals surface area contributed by atoms with Crippen LogP contribution in [0.25, 0.3) is 0 Å². The van der Waals surface area contributed by atoms with Crippen molar-refractivity contribution in [1.29, 1.82) is 0 Å². The summed E-state index contributed by atoms with van der Waals surface area (Å²) in [6.07, 6.45) is 4.48. The number of amides is 2. The van der Waals surface area contributed by atoms with Crippen molar-refractivity contribution in [3.05, 3.63) is 0 Å². The maximum atomic E-state index is 12.6. The fourth-order valence-electron chi connectivity index (χ4n) is 3.30. The maximum Gasteiger partial charge on any atom is 0.245 e. The van der Waals surface area contributed by atoms with Crippen LogP contribution in [0.2, 0.25) is 0 Å². The molecule has 2 saturated heterocycles. The van der Waals surface area contributed by atoms with Gasteiger partial charge < -0.3 is 9.80 Å². The van der Waals surface area contributed by atoms with Crippen molar-refractivity contribution in [2.45, 2.75) is 65.0 Å². The summed E-state index contributed by atoms with van der Waals surface area (Å²) in [4.78, 5) is 28.4. The Morgan fingerprint density at radius 3 is 2.68 bits per heavy atom. The van der Waals surface area contributed by atoms with Gasteiger partial charge in [-0.15, -0.1) is 0 Å². The molecule has 0 bridgehead atoms. The van der Waals surface area contributed by atoms with Crippen LogP contribution in [0.5, 0.6) is 0 Å². The smallest absolute Gasteiger partial charge is 0.245 e. The minimum absolute atomic E-state index is 0.161. The first-order valence-electron chi connectivity index (χ1n) is 7.64. The molecule has 2 fully saturated rings. The number of hydrogen-bond donors (Lipinski definition) is 0. The van der Waals surface area contributed by atoms with Gasteiger partial charge >= 0.3 is 0 Å². The topological polar surface area (TPSA) is 40.6 Å². The van der Waals surface area contributed by atoms with E-state index in [-0.39, 0.29) is 23.9 Å². The van der Waals surface area contributed by atoms with Crippen molar-refractivity contribution < 1.29 is 9.59 Å². The quantitative estimate of drug-likeness (QED) is 0.781. The highest BCUT2D eigenvalue weighted by Crippen LogP contribution is 2.26. The van der Waals surface area contributed by atoms with Gasteiger partial charge in [0, 0.05) is 25.6 Å². The summed E-state index contributed by atoms with van der Waals surface area (Å²) in [5, 5.41) is 0. The van der Waals surface area contributed by atoms with Gasteiger partial charge in [-0.3, -0.25) is 9.59 Å². The third kappa shape index (κ3) is 2.93. The van der Waals surface area contributed by atoms with Crippen LogP contribution in [0.4, 0.5) is 0 Å². The van der Waals surface area contributed by atoms with Crippen molar-refractivity contribution in [2.24, 2.45) is 5.92 Å². The molecule has 0 aromatic carbocycles. The fourth-order valence-corrected chi connectivity index (χ4v) is 3.30. The molecule has 3 unspecified atom stereocenters. The van der Waals surface area contributed by atoms with E-state index in [2.05, 4.69) is 20.8 Å². The zero-order valence-electron chi connectivity index (χ0n) is 12.4. The fraction of sp³-hybridized carbons (Fsp3) is 0.867. The van der Waals surface area contributed by atoms with E-state index in [0.29, 0.717) is 18.9 Å². The van der Waals surface area contributed by atoms with Gasteiger partial charge in [-0.2, -0.15) is 0 Å². The first-order chi connectivity index (χ1) is 9.04. The number of carbonyl (C=O) groups is 2. The van der Waals surface area contributed by atoms with Crippen molar-refractivity contribution >= 4 is 11.8 Å². The van der Waals surface area contributed by atoms with E-state index in [1.165, 1.54) is 0 Å². The predicted molar refractivity (Wildman–Crippen MR) is 74.6 cm³/mol. The summed E-state index contributed by atoms with van der Waals surface area (Å²) in [5.41, 5.74) is 0. The first-order valence-corrected chi connectivity index (χ1v) is 7.64. The van der Waals surface area contributed by atoms with E-state index >= 15 is 0 Å². The molecule has 108 valence electrons. The second-order valence-corrected chi connectivity index (χ2v) is 6.12. The normalized spacial score (nSPS) is 27.2. The summed E-state index contributed by atoms with van der Waals surface area (Å²) in [5.74, 6) is 0.967. The van der Waals surface area contributed by atoms with Crippen LogP contribution in [0, 0.1) is 5.92 Å². The molecule has 19 heavy (non-hydrogen) atoms. The molecule has 2 amide bonds. The zero-order chi connectivity index (χ0) is 14.0. The Hall–Kier alpha value is -1.06. The molecule has 0 aromatic heterocycles. The van der Waals surface area contributed by atoms with E-state index in [0.717, 1.165) is 32.2 Å². The lowest BCUT2D eigenvalue weighted by molar-refractivity contribution is -0.140. The van der Waals surface area contributed by atoms with Crippen LogP contribution < -0.4 is 0 Å². The second-order valence-electron chi connectivity index (χ2n) is 6.12. The molecule has 0 radical (unpaired) electrons.